The maximum absolute atomic E-state index is 12.4. The minimum Gasteiger partial charge on any atom is -0.459 e. The van der Waals surface area contributed by atoms with Crippen LogP contribution in [0.15, 0.2) is 57.1 Å². The van der Waals surface area contributed by atoms with E-state index in [1.54, 1.807) is 12.1 Å². The van der Waals surface area contributed by atoms with Crippen LogP contribution in [-0.4, -0.2) is 41.9 Å². The summed E-state index contributed by atoms with van der Waals surface area (Å²) >= 11 is 1.48. The number of piperazine rings is 1. The van der Waals surface area contributed by atoms with E-state index in [-0.39, 0.29) is 11.3 Å². The molecule has 0 N–H and O–H groups in total. The zero-order valence-electron chi connectivity index (χ0n) is 13.7. The van der Waals surface area contributed by atoms with Crippen molar-refractivity contribution in [2.24, 2.45) is 0 Å². The van der Waals surface area contributed by atoms with Gasteiger partial charge in [0.2, 0.25) is 0 Å². The van der Waals surface area contributed by atoms with Gasteiger partial charge < -0.3 is 9.32 Å². The van der Waals surface area contributed by atoms with Crippen LogP contribution in [0, 0.1) is 0 Å². The highest BCUT2D eigenvalue weighted by Gasteiger charge is 2.23. The molecule has 5 nitrogen and oxygen atoms in total. The first-order valence-corrected chi connectivity index (χ1v) is 9.15. The number of amides is 1. The minimum absolute atomic E-state index is 0.0108. The number of carbonyl (C=O) groups is 1. The largest absolute Gasteiger partial charge is 0.459 e. The third-order valence-electron chi connectivity index (χ3n) is 4.46. The lowest BCUT2D eigenvalue weighted by molar-refractivity contribution is 0.0625. The molecule has 128 valence electrons. The van der Waals surface area contributed by atoms with E-state index in [0.717, 1.165) is 18.0 Å². The quantitative estimate of drug-likeness (QED) is 0.726. The van der Waals surface area contributed by atoms with Gasteiger partial charge in [-0.3, -0.25) is 14.5 Å². The second-order valence-electron chi connectivity index (χ2n) is 6.12. The van der Waals surface area contributed by atoms with Gasteiger partial charge in [0.15, 0.2) is 5.43 Å². The molecule has 6 heteroatoms. The maximum Gasteiger partial charge on any atom is 0.264 e. The van der Waals surface area contributed by atoms with Gasteiger partial charge in [0, 0.05) is 32.2 Å². The minimum atomic E-state index is -0.0108. The predicted molar refractivity (Wildman–Crippen MR) is 98.0 cm³/mol. The van der Waals surface area contributed by atoms with Crippen LogP contribution in [0.5, 0.6) is 0 Å². The summed E-state index contributed by atoms with van der Waals surface area (Å²) in [6.45, 7) is 3.51. The molecule has 1 fully saturated rings. The summed E-state index contributed by atoms with van der Waals surface area (Å²) in [5, 5.41) is 2.53. The number of para-hydroxylation sites is 1. The van der Waals surface area contributed by atoms with Crippen LogP contribution in [0.3, 0.4) is 0 Å². The van der Waals surface area contributed by atoms with Gasteiger partial charge in [-0.1, -0.05) is 18.2 Å². The zero-order chi connectivity index (χ0) is 17.2. The SMILES string of the molecule is O=C(c1cccs1)N1CCN(Cc2cc(=O)c3ccccc3o2)CC1. The molecule has 1 aromatic carbocycles. The molecule has 3 aromatic rings. The van der Waals surface area contributed by atoms with Crippen molar-refractivity contribution in [1.29, 1.82) is 0 Å². The predicted octanol–water partition coefficient (Wildman–Crippen LogP) is 2.81. The van der Waals surface area contributed by atoms with Gasteiger partial charge in [0.05, 0.1) is 16.8 Å². The van der Waals surface area contributed by atoms with Gasteiger partial charge in [-0.15, -0.1) is 11.3 Å². The molecular formula is C19H18N2O3S. The Balaban J connectivity index is 1.42. The first-order chi connectivity index (χ1) is 12.2. The van der Waals surface area contributed by atoms with Gasteiger partial charge in [-0.05, 0) is 23.6 Å². The van der Waals surface area contributed by atoms with Crippen molar-refractivity contribution in [3.05, 3.63) is 68.7 Å². The third-order valence-corrected chi connectivity index (χ3v) is 5.31. The van der Waals surface area contributed by atoms with Crippen LogP contribution >= 0.6 is 11.3 Å². The molecule has 1 amide bonds. The number of fused-ring (bicyclic) bond motifs is 1. The Morgan fingerprint density at radius 1 is 1.08 bits per heavy atom. The molecule has 2 aromatic heterocycles. The van der Waals surface area contributed by atoms with Crippen molar-refractivity contribution in [3.63, 3.8) is 0 Å². The first kappa shape index (κ1) is 16.1. The van der Waals surface area contributed by atoms with E-state index in [1.807, 2.05) is 40.6 Å². The lowest BCUT2D eigenvalue weighted by atomic mass is 10.2. The number of carbonyl (C=O) groups excluding carboxylic acids is 1. The van der Waals surface area contributed by atoms with Gasteiger partial charge in [-0.25, -0.2) is 0 Å². The van der Waals surface area contributed by atoms with Gasteiger partial charge in [0.25, 0.3) is 5.91 Å². The molecule has 1 aliphatic rings. The van der Waals surface area contributed by atoms with Crippen LogP contribution in [0.25, 0.3) is 11.0 Å². The highest BCUT2D eigenvalue weighted by Crippen LogP contribution is 2.16. The Labute approximate surface area is 149 Å². The average molecular weight is 354 g/mol. The van der Waals surface area contributed by atoms with Crippen molar-refractivity contribution in [2.75, 3.05) is 26.2 Å². The molecule has 0 aliphatic carbocycles. The lowest BCUT2D eigenvalue weighted by Gasteiger charge is -2.34. The van der Waals surface area contributed by atoms with Crippen LogP contribution in [0.4, 0.5) is 0 Å². The molecule has 0 spiro atoms. The molecule has 0 radical (unpaired) electrons. The Kier molecular flexibility index (Phi) is 4.38. The highest BCUT2D eigenvalue weighted by atomic mass is 32.1. The van der Waals surface area contributed by atoms with E-state index in [9.17, 15) is 9.59 Å². The molecule has 4 rings (SSSR count). The number of nitrogens with zero attached hydrogens (tertiary/aromatic N) is 2. The number of hydrogen-bond donors (Lipinski definition) is 0. The fourth-order valence-corrected chi connectivity index (χ4v) is 3.81. The second kappa shape index (κ2) is 6.82. The van der Waals surface area contributed by atoms with Crippen LogP contribution < -0.4 is 5.43 Å². The van der Waals surface area contributed by atoms with Crippen molar-refractivity contribution >= 4 is 28.2 Å². The number of thiophene rings is 1. The van der Waals surface area contributed by atoms with Crippen LogP contribution in [0.2, 0.25) is 0 Å². The van der Waals surface area contributed by atoms with E-state index in [2.05, 4.69) is 4.90 Å². The number of hydrogen-bond acceptors (Lipinski definition) is 5. The second-order valence-corrected chi connectivity index (χ2v) is 7.07. The highest BCUT2D eigenvalue weighted by molar-refractivity contribution is 7.12. The molecule has 0 atom stereocenters. The summed E-state index contributed by atoms with van der Waals surface area (Å²) in [6.07, 6.45) is 0. The van der Waals surface area contributed by atoms with E-state index in [4.69, 9.17) is 4.42 Å². The Morgan fingerprint density at radius 3 is 2.64 bits per heavy atom. The standard InChI is InChI=1S/C19H18N2O3S/c22-16-12-14(24-17-5-2-1-4-15(16)17)13-20-7-9-21(10-8-20)19(23)18-6-3-11-25-18/h1-6,11-12H,7-10,13H2. The monoisotopic (exact) mass is 354 g/mol. The fraction of sp³-hybridized carbons (Fsp3) is 0.263. The summed E-state index contributed by atoms with van der Waals surface area (Å²) in [5.74, 6) is 0.772. The average Bonchev–Trinajstić information content (AvgIpc) is 3.16. The van der Waals surface area contributed by atoms with Crippen molar-refractivity contribution in [1.82, 2.24) is 9.80 Å². The Morgan fingerprint density at radius 2 is 1.88 bits per heavy atom. The third kappa shape index (κ3) is 3.36. The molecular weight excluding hydrogens is 336 g/mol. The van der Waals surface area contributed by atoms with E-state index in [1.165, 1.54) is 11.3 Å². The van der Waals surface area contributed by atoms with Gasteiger partial charge in [-0.2, -0.15) is 0 Å². The van der Waals surface area contributed by atoms with E-state index in [0.29, 0.717) is 36.4 Å². The van der Waals surface area contributed by atoms with Crippen molar-refractivity contribution in [3.8, 4) is 0 Å². The Bertz CT molecular complexity index is 941. The maximum atomic E-state index is 12.4. The number of benzene rings is 1. The van der Waals surface area contributed by atoms with Crippen molar-refractivity contribution in [2.45, 2.75) is 6.54 Å². The molecule has 0 bridgehead atoms. The topological polar surface area (TPSA) is 53.8 Å². The zero-order valence-corrected chi connectivity index (χ0v) is 14.5. The molecule has 1 aliphatic heterocycles. The summed E-state index contributed by atoms with van der Waals surface area (Å²) in [7, 11) is 0. The molecule has 25 heavy (non-hydrogen) atoms. The Hall–Kier alpha value is -2.44. The summed E-state index contributed by atoms with van der Waals surface area (Å²) < 4.78 is 5.86. The summed E-state index contributed by atoms with van der Waals surface area (Å²) in [6, 6.07) is 12.6. The molecule has 0 unspecified atom stereocenters. The molecule has 3 heterocycles. The molecule has 0 saturated carbocycles. The number of rotatable bonds is 3. The summed E-state index contributed by atoms with van der Waals surface area (Å²) in [4.78, 5) is 29.4. The fourth-order valence-electron chi connectivity index (χ4n) is 3.12. The van der Waals surface area contributed by atoms with E-state index >= 15 is 0 Å². The van der Waals surface area contributed by atoms with Gasteiger partial charge >= 0.3 is 0 Å². The van der Waals surface area contributed by atoms with Crippen LogP contribution in [-0.2, 0) is 6.54 Å². The first-order valence-electron chi connectivity index (χ1n) is 8.27. The summed E-state index contributed by atoms with van der Waals surface area (Å²) in [5.41, 5.74) is 0.611. The smallest absolute Gasteiger partial charge is 0.264 e. The normalized spacial score (nSPS) is 15.6. The van der Waals surface area contributed by atoms with Crippen LogP contribution in [0.1, 0.15) is 15.4 Å². The van der Waals surface area contributed by atoms with Crippen molar-refractivity contribution < 1.29 is 9.21 Å². The lowest BCUT2D eigenvalue weighted by Crippen LogP contribution is -2.48. The van der Waals surface area contributed by atoms with E-state index < -0.39 is 0 Å². The van der Waals surface area contributed by atoms with Gasteiger partial charge in [0.1, 0.15) is 11.3 Å². The molecule has 1 saturated heterocycles.